The van der Waals surface area contributed by atoms with Gasteiger partial charge in [-0.1, -0.05) is 6.92 Å². The third-order valence-electron chi connectivity index (χ3n) is 3.24. The molecule has 0 unspecified atom stereocenters. The van der Waals surface area contributed by atoms with Crippen LogP contribution in [0.2, 0.25) is 0 Å². The molecule has 1 aliphatic rings. The van der Waals surface area contributed by atoms with E-state index in [1.807, 2.05) is 6.20 Å². The standard InChI is InChI=1S/C12H22N4/c1-2-7-16-8-3-11(4-9-16)15-10-12-13-5-6-14-12/h5-6,11,15H,2-4,7-10H2,1H3,(H,13,14). The van der Waals surface area contributed by atoms with Gasteiger partial charge in [-0.3, -0.25) is 0 Å². The van der Waals surface area contributed by atoms with Crippen molar-refractivity contribution in [2.24, 2.45) is 0 Å². The van der Waals surface area contributed by atoms with E-state index >= 15 is 0 Å². The highest BCUT2D eigenvalue weighted by molar-refractivity contribution is 4.87. The molecule has 0 bridgehead atoms. The first-order chi connectivity index (χ1) is 7.88. The molecule has 1 saturated heterocycles. The topological polar surface area (TPSA) is 44.0 Å². The van der Waals surface area contributed by atoms with Crippen LogP contribution in [-0.2, 0) is 6.54 Å². The second kappa shape index (κ2) is 6.01. The van der Waals surface area contributed by atoms with E-state index in [4.69, 9.17) is 0 Å². The number of hydrogen-bond donors (Lipinski definition) is 2. The van der Waals surface area contributed by atoms with Crippen molar-refractivity contribution in [2.45, 2.75) is 38.8 Å². The van der Waals surface area contributed by atoms with Gasteiger partial charge in [-0.2, -0.15) is 0 Å². The van der Waals surface area contributed by atoms with Crippen LogP contribution in [-0.4, -0.2) is 40.5 Å². The van der Waals surface area contributed by atoms with Gasteiger partial charge in [0.05, 0.1) is 6.54 Å². The molecule has 16 heavy (non-hydrogen) atoms. The van der Waals surface area contributed by atoms with Crippen molar-refractivity contribution in [3.8, 4) is 0 Å². The minimum atomic E-state index is 0.665. The number of hydrogen-bond acceptors (Lipinski definition) is 3. The van der Waals surface area contributed by atoms with Crippen molar-refractivity contribution < 1.29 is 0 Å². The fourth-order valence-electron chi connectivity index (χ4n) is 2.31. The van der Waals surface area contributed by atoms with Gasteiger partial charge in [0.1, 0.15) is 5.82 Å². The zero-order valence-corrected chi connectivity index (χ0v) is 10.1. The fourth-order valence-corrected chi connectivity index (χ4v) is 2.31. The van der Waals surface area contributed by atoms with Gasteiger partial charge in [0.2, 0.25) is 0 Å². The number of H-pyrrole nitrogens is 1. The Kier molecular flexibility index (Phi) is 4.36. The molecular formula is C12H22N4. The lowest BCUT2D eigenvalue weighted by Crippen LogP contribution is -2.42. The third-order valence-corrected chi connectivity index (χ3v) is 3.24. The summed E-state index contributed by atoms with van der Waals surface area (Å²) in [6.07, 6.45) is 7.48. The molecule has 2 N–H and O–H groups in total. The van der Waals surface area contributed by atoms with Crippen LogP contribution in [0.15, 0.2) is 12.4 Å². The van der Waals surface area contributed by atoms with Crippen LogP contribution >= 0.6 is 0 Å². The Balaban J connectivity index is 1.65. The SMILES string of the molecule is CCCN1CCC(NCc2ncc[nH]2)CC1. The molecule has 90 valence electrons. The Bertz CT molecular complexity index is 275. The molecule has 1 aromatic heterocycles. The maximum atomic E-state index is 4.22. The van der Waals surface area contributed by atoms with Crippen molar-refractivity contribution in [3.05, 3.63) is 18.2 Å². The lowest BCUT2D eigenvalue weighted by atomic mass is 10.0. The van der Waals surface area contributed by atoms with Crippen LogP contribution in [0.4, 0.5) is 0 Å². The molecule has 0 amide bonds. The predicted molar refractivity (Wildman–Crippen MR) is 65.2 cm³/mol. The van der Waals surface area contributed by atoms with Crippen LogP contribution in [0.5, 0.6) is 0 Å². The van der Waals surface area contributed by atoms with Crippen LogP contribution < -0.4 is 5.32 Å². The summed E-state index contributed by atoms with van der Waals surface area (Å²) in [6.45, 7) is 6.85. The average Bonchev–Trinajstić information content (AvgIpc) is 2.82. The molecule has 2 heterocycles. The Hall–Kier alpha value is -0.870. The van der Waals surface area contributed by atoms with Gasteiger partial charge in [-0.25, -0.2) is 4.98 Å². The summed E-state index contributed by atoms with van der Waals surface area (Å²) >= 11 is 0. The molecule has 2 rings (SSSR count). The molecule has 1 aliphatic heterocycles. The summed E-state index contributed by atoms with van der Waals surface area (Å²) in [5.74, 6) is 1.04. The Labute approximate surface area is 97.4 Å². The monoisotopic (exact) mass is 222 g/mol. The molecule has 4 nitrogen and oxygen atoms in total. The van der Waals surface area contributed by atoms with Crippen molar-refractivity contribution >= 4 is 0 Å². The predicted octanol–water partition coefficient (Wildman–Crippen LogP) is 1.37. The molecule has 1 aromatic rings. The van der Waals surface area contributed by atoms with Crippen molar-refractivity contribution in [1.29, 1.82) is 0 Å². The summed E-state index contributed by atoms with van der Waals surface area (Å²) in [6, 6.07) is 0.665. The minimum Gasteiger partial charge on any atom is -0.348 e. The van der Waals surface area contributed by atoms with Crippen LogP contribution in [0, 0.1) is 0 Å². The number of imidazole rings is 1. The first kappa shape index (κ1) is 11.6. The normalized spacial score (nSPS) is 19.1. The van der Waals surface area contributed by atoms with E-state index in [9.17, 15) is 0 Å². The summed E-state index contributed by atoms with van der Waals surface area (Å²) < 4.78 is 0. The van der Waals surface area contributed by atoms with Gasteiger partial charge in [0.15, 0.2) is 0 Å². The summed E-state index contributed by atoms with van der Waals surface area (Å²) in [5.41, 5.74) is 0. The van der Waals surface area contributed by atoms with Gasteiger partial charge < -0.3 is 15.2 Å². The maximum absolute atomic E-state index is 4.22. The maximum Gasteiger partial charge on any atom is 0.120 e. The second-order valence-corrected chi connectivity index (χ2v) is 4.53. The molecule has 0 aromatic carbocycles. The van der Waals surface area contributed by atoms with Gasteiger partial charge in [-0.05, 0) is 38.9 Å². The summed E-state index contributed by atoms with van der Waals surface area (Å²) in [5, 5.41) is 3.57. The third kappa shape index (κ3) is 3.32. The highest BCUT2D eigenvalue weighted by atomic mass is 15.1. The summed E-state index contributed by atoms with van der Waals surface area (Å²) in [7, 11) is 0. The lowest BCUT2D eigenvalue weighted by Gasteiger charge is -2.32. The fraction of sp³-hybridized carbons (Fsp3) is 0.750. The Morgan fingerprint density at radius 2 is 2.31 bits per heavy atom. The number of nitrogens with one attached hydrogen (secondary N) is 2. The lowest BCUT2D eigenvalue weighted by molar-refractivity contribution is 0.197. The number of likely N-dealkylation sites (tertiary alicyclic amines) is 1. The van der Waals surface area contributed by atoms with E-state index in [-0.39, 0.29) is 0 Å². The molecule has 0 atom stereocenters. The van der Waals surface area contributed by atoms with Gasteiger partial charge in [0.25, 0.3) is 0 Å². The summed E-state index contributed by atoms with van der Waals surface area (Å²) in [4.78, 5) is 9.90. The van der Waals surface area contributed by atoms with Crippen molar-refractivity contribution in [3.63, 3.8) is 0 Å². The number of aromatic nitrogens is 2. The zero-order valence-electron chi connectivity index (χ0n) is 10.1. The van der Waals surface area contributed by atoms with E-state index in [1.54, 1.807) is 6.20 Å². The van der Waals surface area contributed by atoms with E-state index in [2.05, 4.69) is 27.1 Å². The number of piperidine rings is 1. The first-order valence-electron chi connectivity index (χ1n) is 6.32. The van der Waals surface area contributed by atoms with Crippen molar-refractivity contribution in [2.75, 3.05) is 19.6 Å². The van der Waals surface area contributed by atoms with Crippen molar-refractivity contribution in [1.82, 2.24) is 20.2 Å². The van der Waals surface area contributed by atoms with Gasteiger partial charge in [0, 0.05) is 18.4 Å². The highest BCUT2D eigenvalue weighted by Gasteiger charge is 2.17. The first-order valence-corrected chi connectivity index (χ1v) is 6.32. The number of rotatable bonds is 5. The molecule has 4 heteroatoms. The molecule has 0 saturated carbocycles. The van der Waals surface area contributed by atoms with E-state index in [0.717, 1.165) is 12.4 Å². The van der Waals surface area contributed by atoms with E-state index in [1.165, 1.54) is 38.9 Å². The van der Waals surface area contributed by atoms with Crippen LogP contribution in [0.25, 0.3) is 0 Å². The van der Waals surface area contributed by atoms with Crippen LogP contribution in [0.1, 0.15) is 32.0 Å². The molecule has 0 radical (unpaired) electrons. The average molecular weight is 222 g/mol. The highest BCUT2D eigenvalue weighted by Crippen LogP contribution is 2.10. The number of aromatic amines is 1. The second-order valence-electron chi connectivity index (χ2n) is 4.53. The molecule has 1 fully saturated rings. The van der Waals surface area contributed by atoms with Crippen LogP contribution in [0.3, 0.4) is 0 Å². The van der Waals surface area contributed by atoms with Gasteiger partial charge in [-0.15, -0.1) is 0 Å². The molecular weight excluding hydrogens is 200 g/mol. The number of nitrogens with zero attached hydrogens (tertiary/aromatic N) is 2. The molecule has 0 aliphatic carbocycles. The van der Waals surface area contributed by atoms with E-state index in [0.29, 0.717) is 6.04 Å². The zero-order chi connectivity index (χ0) is 11.2. The Morgan fingerprint density at radius 1 is 1.50 bits per heavy atom. The minimum absolute atomic E-state index is 0.665. The van der Waals surface area contributed by atoms with Gasteiger partial charge >= 0.3 is 0 Å². The van der Waals surface area contributed by atoms with E-state index < -0.39 is 0 Å². The largest absolute Gasteiger partial charge is 0.348 e. The smallest absolute Gasteiger partial charge is 0.120 e. The molecule has 0 spiro atoms. The Morgan fingerprint density at radius 3 is 2.94 bits per heavy atom. The quantitative estimate of drug-likeness (QED) is 0.791.